The number of hydrogen-bond acceptors (Lipinski definition) is 3. The highest BCUT2D eigenvalue weighted by Crippen LogP contribution is 2.20. The van der Waals surface area contributed by atoms with Crippen LogP contribution in [0.25, 0.3) is 11.0 Å². The number of carbonyl (C=O) groups excluding carboxylic acids is 1. The number of ether oxygens (including phenoxy) is 1. The van der Waals surface area contributed by atoms with Crippen LogP contribution in [-0.4, -0.2) is 33.5 Å². The summed E-state index contributed by atoms with van der Waals surface area (Å²) in [5, 5.41) is 0. The van der Waals surface area contributed by atoms with Crippen molar-refractivity contribution in [2.75, 3.05) is 13.2 Å². The van der Waals surface area contributed by atoms with E-state index in [2.05, 4.69) is 31.4 Å². The first kappa shape index (κ1) is 20.9. The van der Waals surface area contributed by atoms with E-state index in [1.807, 2.05) is 54.3 Å². The Morgan fingerprint density at radius 1 is 1.10 bits per heavy atom. The average molecular weight is 394 g/mol. The van der Waals surface area contributed by atoms with Crippen molar-refractivity contribution in [3.63, 3.8) is 0 Å². The molecule has 0 saturated carbocycles. The van der Waals surface area contributed by atoms with Crippen LogP contribution in [0.15, 0.2) is 48.5 Å². The first-order valence-electron chi connectivity index (χ1n) is 10.5. The molecule has 0 saturated heterocycles. The molecular weight excluding hydrogens is 362 g/mol. The number of rotatable bonds is 9. The van der Waals surface area contributed by atoms with Gasteiger partial charge >= 0.3 is 0 Å². The number of hydrogen-bond donors (Lipinski definition) is 0. The number of fused-ring (bicyclic) bond motifs is 1. The van der Waals surface area contributed by atoms with Crippen LogP contribution in [0.4, 0.5) is 0 Å². The molecule has 1 amide bonds. The lowest BCUT2D eigenvalue weighted by Crippen LogP contribution is -2.34. The third-order valence-corrected chi connectivity index (χ3v) is 4.80. The van der Waals surface area contributed by atoms with Gasteiger partial charge in [-0.15, -0.1) is 0 Å². The number of benzene rings is 2. The molecule has 29 heavy (non-hydrogen) atoms. The van der Waals surface area contributed by atoms with E-state index in [0.717, 1.165) is 35.6 Å². The van der Waals surface area contributed by atoms with Gasteiger partial charge in [0.15, 0.2) is 0 Å². The summed E-state index contributed by atoms with van der Waals surface area (Å²) in [6.45, 7) is 11.1. The molecule has 0 aliphatic rings. The first-order valence-corrected chi connectivity index (χ1v) is 10.5. The molecule has 1 aromatic heterocycles. The molecule has 0 spiro atoms. The molecule has 0 aliphatic heterocycles. The minimum absolute atomic E-state index is 0.0249. The molecule has 0 N–H and O–H groups in total. The van der Waals surface area contributed by atoms with E-state index in [-0.39, 0.29) is 5.91 Å². The molecular formula is C24H31N3O2. The summed E-state index contributed by atoms with van der Waals surface area (Å²) in [6.07, 6.45) is 1.02. The number of aryl methyl sites for hydroxylation is 1. The van der Waals surface area contributed by atoms with Gasteiger partial charge < -0.3 is 14.2 Å². The van der Waals surface area contributed by atoms with Crippen molar-refractivity contribution in [3.8, 4) is 5.75 Å². The van der Waals surface area contributed by atoms with Crippen LogP contribution < -0.4 is 4.74 Å². The molecule has 0 radical (unpaired) electrons. The summed E-state index contributed by atoms with van der Waals surface area (Å²) >= 11 is 0. The summed E-state index contributed by atoms with van der Waals surface area (Å²) in [4.78, 5) is 20.0. The van der Waals surface area contributed by atoms with E-state index in [1.54, 1.807) is 0 Å². The fraction of sp³-hybridized carbons (Fsp3) is 0.417. The van der Waals surface area contributed by atoms with Crippen LogP contribution in [0.5, 0.6) is 5.75 Å². The standard InChI is InChI=1S/C24H31N3O2/c1-5-15-27-22-10-8-7-9-21(22)25-23(27)17-26(16-18(3)4)24(28)19-11-13-20(14-12-19)29-6-2/h7-14,18H,5-6,15-17H2,1-4H3. The van der Waals surface area contributed by atoms with Gasteiger partial charge in [-0.25, -0.2) is 4.98 Å². The number of aromatic nitrogens is 2. The van der Waals surface area contributed by atoms with Gasteiger partial charge in [-0.2, -0.15) is 0 Å². The smallest absolute Gasteiger partial charge is 0.254 e. The van der Waals surface area contributed by atoms with Gasteiger partial charge in [-0.1, -0.05) is 32.9 Å². The van der Waals surface area contributed by atoms with Crippen molar-refractivity contribution in [3.05, 3.63) is 59.9 Å². The molecule has 0 atom stereocenters. The maximum absolute atomic E-state index is 13.3. The molecule has 0 bridgehead atoms. The van der Waals surface area contributed by atoms with Crippen LogP contribution in [0.3, 0.4) is 0 Å². The van der Waals surface area contributed by atoms with Gasteiger partial charge in [0.2, 0.25) is 0 Å². The predicted molar refractivity (Wildman–Crippen MR) is 117 cm³/mol. The van der Waals surface area contributed by atoms with Crippen LogP contribution in [0.2, 0.25) is 0 Å². The third kappa shape index (κ3) is 4.97. The first-order chi connectivity index (χ1) is 14.0. The van der Waals surface area contributed by atoms with E-state index < -0.39 is 0 Å². The van der Waals surface area contributed by atoms with E-state index >= 15 is 0 Å². The Bertz CT molecular complexity index is 944. The van der Waals surface area contributed by atoms with Gasteiger partial charge in [-0.05, 0) is 55.7 Å². The van der Waals surface area contributed by atoms with E-state index in [1.165, 1.54) is 0 Å². The summed E-state index contributed by atoms with van der Waals surface area (Å²) in [6, 6.07) is 15.6. The van der Waals surface area contributed by atoms with Gasteiger partial charge in [0.1, 0.15) is 11.6 Å². The fourth-order valence-corrected chi connectivity index (χ4v) is 3.59. The zero-order valence-electron chi connectivity index (χ0n) is 17.9. The number of imidazole rings is 1. The SMILES string of the molecule is CCCn1c(CN(CC(C)C)C(=O)c2ccc(OCC)cc2)nc2ccccc21. The second kappa shape index (κ2) is 9.59. The van der Waals surface area contributed by atoms with Crippen molar-refractivity contribution < 1.29 is 9.53 Å². The summed E-state index contributed by atoms with van der Waals surface area (Å²) in [5.74, 6) is 2.11. The Morgan fingerprint density at radius 3 is 2.48 bits per heavy atom. The Morgan fingerprint density at radius 2 is 1.83 bits per heavy atom. The summed E-state index contributed by atoms with van der Waals surface area (Å²) in [7, 11) is 0. The van der Waals surface area contributed by atoms with Gasteiger partial charge in [-0.3, -0.25) is 4.79 Å². The highest BCUT2D eigenvalue weighted by Gasteiger charge is 2.21. The summed E-state index contributed by atoms with van der Waals surface area (Å²) < 4.78 is 7.74. The van der Waals surface area contributed by atoms with E-state index in [4.69, 9.17) is 9.72 Å². The van der Waals surface area contributed by atoms with Crippen molar-refractivity contribution in [2.24, 2.45) is 5.92 Å². The second-order valence-corrected chi connectivity index (χ2v) is 7.71. The average Bonchev–Trinajstić information content (AvgIpc) is 3.05. The van der Waals surface area contributed by atoms with Crippen molar-refractivity contribution >= 4 is 16.9 Å². The molecule has 5 heteroatoms. The molecule has 154 valence electrons. The number of para-hydroxylation sites is 2. The van der Waals surface area contributed by atoms with Crippen LogP contribution in [0, 0.1) is 5.92 Å². The molecule has 3 rings (SSSR count). The lowest BCUT2D eigenvalue weighted by Gasteiger charge is -2.25. The van der Waals surface area contributed by atoms with Crippen LogP contribution >= 0.6 is 0 Å². The zero-order chi connectivity index (χ0) is 20.8. The minimum Gasteiger partial charge on any atom is -0.494 e. The predicted octanol–water partition coefficient (Wildman–Crippen LogP) is 5.14. The maximum Gasteiger partial charge on any atom is 0.254 e. The van der Waals surface area contributed by atoms with Crippen molar-refractivity contribution in [2.45, 2.75) is 47.2 Å². The molecule has 5 nitrogen and oxygen atoms in total. The second-order valence-electron chi connectivity index (χ2n) is 7.71. The maximum atomic E-state index is 13.3. The molecule has 0 aliphatic carbocycles. The quantitative estimate of drug-likeness (QED) is 0.505. The fourth-order valence-electron chi connectivity index (χ4n) is 3.59. The highest BCUT2D eigenvalue weighted by atomic mass is 16.5. The molecule has 3 aromatic rings. The molecule has 0 fully saturated rings. The van der Waals surface area contributed by atoms with Crippen LogP contribution in [0.1, 0.15) is 50.3 Å². The monoisotopic (exact) mass is 393 g/mol. The normalized spacial score (nSPS) is 11.2. The van der Waals surface area contributed by atoms with Gasteiger partial charge in [0.05, 0.1) is 24.2 Å². The highest BCUT2D eigenvalue weighted by molar-refractivity contribution is 5.94. The largest absolute Gasteiger partial charge is 0.494 e. The Kier molecular flexibility index (Phi) is 6.91. The Balaban J connectivity index is 1.90. The Hall–Kier alpha value is -2.82. The van der Waals surface area contributed by atoms with Crippen molar-refractivity contribution in [1.29, 1.82) is 0 Å². The molecule has 2 aromatic carbocycles. The third-order valence-electron chi connectivity index (χ3n) is 4.80. The van der Waals surface area contributed by atoms with Crippen molar-refractivity contribution in [1.82, 2.24) is 14.5 Å². The Labute approximate surface area is 173 Å². The lowest BCUT2D eigenvalue weighted by molar-refractivity contribution is 0.0716. The van der Waals surface area contributed by atoms with Crippen LogP contribution in [-0.2, 0) is 13.1 Å². The molecule has 1 heterocycles. The lowest BCUT2D eigenvalue weighted by atomic mass is 10.1. The number of carbonyl (C=O) groups is 1. The van der Waals surface area contributed by atoms with E-state index in [9.17, 15) is 4.79 Å². The zero-order valence-corrected chi connectivity index (χ0v) is 17.9. The van der Waals surface area contributed by atoms with Gasteiger partial charge in [0, 0.05) is 18.7 Å². The number of nitrogens with zero attached hydrogens (tertiary/aromatic N) is 3. The van der Waals surface area contributed by atoms with E-state index in [0.29, 0.717) is 31.2 Å². The minimum atomic E-state index is 0.0249. The summed E-state index contributed by atoms with van der Waals surface area (Å²) in [5.41, 5.74) is 2.78. The topological polar surface area (TPSA) is 47.4 Å². The number of amides is 1. The molecule has 0 unspecified atom stereocenters. The van der Waals surface area contributed by atoms with Gasteiger partial charge in [0.25, 0.3) is 5.91 Å².